The maximum Gasteiger partial charge on any atom is 0.259 e. The van der Waals surface area contributed by atoms with Crippen molar-refractivity contribution in [3.05, 3.63) is 34.9 Å². The number of rotatable bonds is 2. The van der Waals surface area contributed by atoms with Crippen LogP contribution in [0.25, 0.3) is 22.4 Å². The van der Waals surface area contributed by atoms with E-state index in [4.69, 9.17) is 8.94 Å². The molecule has 7 heteroatoms. The molecule has 1 amide bonds. The van der Waals surface area contributed by atoms with Crippen LogP contribution in [0.3, 0.4) is 0 Å². The number of piperazine rings is 1. The predicted octanol–water partition coefficient (Wildman–Crippen LogP) is 2.84. The van der Waals surface area contributed by atoms with E-state index in [1.54, 1.807) is 0 Å². The Labute approximate surface area is 151 Å². The Morgan fingerprint density at radius 1 is 1.31 bits per heavy atom. The zero-order chi connectivity index (χ0) is 18.4. The molecule has 0 aliphatic carbocycles. The summed E-state index contributed by atoms with van der Waals surface area (Å²) in [6.07, 6.45) is 0. The molecule has 3 aromatic rings. The monoisotopic (exact) mass is 354 g/mol. The van der Waals surface area contributed by atoms with Crippen molar-refractivity contribution in [2.45, 2.75) is 33.7 Å². The second-order valence-electron chi connectivity index (χ2n) is 6.88. The Kier molecular flexibility index (Phi) is 4.03. The first-order valence-corrected chi connectivity index (χ1v) is 8.82. The number of nitrogens with zero attached hydrogens (tertiary/aromatic N) is 3. The lowest BCUT2D eigenvalue weighted by Gasteiger charge is -2.34. The molecule has 1 fully saturated rings. The first kappa shape index (κ1) is 16.8. The summed E-state index contributed by atoms with van der Waals surface area (Å²) in [4.78, 5) is 19.8. The van der Waals surface area contributed by atoms with E-state index >= 15 is 0 Å². The van der Waals surface area contributed by atoms with Gasteiger partial charge in [0.05, 0.1) is 22.3 Å². The van der Waals surface area contributed by atoms with Gasteiger partial charge in [0, 0.05) is 31.2 Å². The van der Waals surface area contributed by atoms with E-state index in [-0.39, 0.29) is 11.9 Å². The molecule has 0 aromatic carbocycles. The number of carbonyl (C=O) groups is 1. The quantitative estimate of drug-likeness (QED) is 0.762. The minimum Gasteiger partial charge on any atom is -0.466 e. The van der Waals surface area contributed by atoms with E-state index < -0.39 is 0 Å². The van der Waals surface area contributed by atoms with Crippen LogP contribution >= 0.6 is 0 Å². The number of carbonyl (C=O) groups excluding carboxylic acids is 1. The van der Waals surface area contributed by atoms with Crippen molar-refractivity contribution in [2.24, 2.45) is 0 Å². The van der Waals surface area contributed by atoms with Crippen LogP contribution in [0, 0.1) is 20.8 Å². The normalized spacial score (nSPS) is 17.8. The number of hydrogen-bond acceptors (Lipinski definition) is 6. The largest absolute Gasteiger partial charge is 0.466 e. The van der Waals surface area contributed by atoms with Crippen molar-refractivity contribution in [3.8, 4) is 11.3 Å². The summed E-state index contributed by atoms with van der Waals surface area (Å²) in [6, 6.07) is 3.89. The van der Waals surface area contributed by atoms with Crippen molar-refractivity contribution in [3.63, 3.8) is 0 Å². The van der Waals surface area contributed by atoms with Crippen molar-refractivity contribution in [1.82, 2.24) is 20.4 Å². The Morgan fingerprint density at radius 2 is 2.12 bits per heavy atom. The van der Waals surface area contributed by atoms with Crippen LogP contribution < -0.4 is 5.32 Å². The predicted molar refractivity (Wildman–Crippen MR) is 97.1 cm³/mol. The zero-order valence-corrected chi connectivity index (χ0v) is 15.4. The molecular weight excluding hydrogens is 332 g/mol. The van der Waals surface area contributed by atoms with Gasteiger partial charge in [0.2, 0.25) is 0 Å². The van der Waals surface area contributed by atoms with E-state index in [1.807, 2.05) is 44.7 Å². The van der Waals surface area contributed by atoms with E-state index in [2.05, 4.69) is 15.5 Å². The topological polar surface area (TPSA) is 84.4 Å². The summed E-state index contributed by atoms with van der Waals surface area (Å²) in [5.41, 5.74) is 3.15. The molecule has 1 N–H and O–H groups in total. The van der Waals surface area contributed by atoms with Gasteiger partial charge < -0.3 is 19.2 Å². The molecular formula is C19H22N4O3. The Hall–Kier alpha value is -2.67. The molecule has 1 atom stereocenters. The molecule has 4 rings (SSSR count). The third-order valence-corrected chi connectivity index (χ3v) is 4.93. The van der Waals surface area contributed by atoms with E-state index in [0.717, 1.165) is 30.2 Å². The molecule has 7 nitrogen and oxygen atoms in total. The van der Waals surface area contributed by atoms with Crippen LogP contribution in [-0.4, -0.2) is 46.6 Å². The number of hydrogen-bond donors (Lipinski definition) is 1. The first-order valence-electron chi connectivity index (χ1n) is 8.82. The zero-order valence-electron chi connectivity index (χ0n) is 15.4. The van der Waals surface area contributed by atoms with Gasteiger partial charge in [-0.1, -0.05) is 5.16 Å². The van der Waals surface area contributed by atoms with Crippen LogP contribution in [0.15, 0.2) is 21.1 Å². The van der Waals surface area contributed by atoms with E-state index in [0.29, 0.717) is 34.6 Å². The van der Waals surface area contributed by atoms with Gasteiger partial charge in [-0.3, -0.25) is 4.79 Å². The van der Waals surface area contributed by atoms with Gasteiger partial charge in [0.25, 0.3) is 11.6 Å². The van der Waals surface area contributed by atoms with Crippen molar-refractivity contribution < 1.29 is 13.7 Å². The van der Waals surface area contributed by atoms with Gasteiger partial charge in [0.1, 0.15) is 11.5 Å². The van der Waals surface area contributed by atoms with Crippen molar-refractivity contribution in [1.29, 1.82) is 0 Å². The smallest absolute Gasteiger partial charge is 0.259 e. The molecule has 0 saturated carbocycles. The third-order valence-electron chi connectivity index (χ3n) is 4.93. The van der Waals surface area contributed by atoms with Crippen molar-refractivity contribution in [2.75, 3.05) is 19.6 Å². The van der Waals surface area contributed by atoms with Gasteiger partial charge in [-0.2, -0.15) is 0 Å². The first-order chi connectivity index (χ1) is 12.5. The number of fused-ring (bicyclic) bond motifs is 1. The average Bonchev–Trinajstić information content (AvgIpc) is 3.16. The van der Waals surface area contributed by atoms with E-state index in [9.17, 15) is 4.79 Å². The maximum absolute atomic E-state index is 13.3. The summed E-state index contributed by atoms with van der Waals surface area (Å²) < 4.78 is 11.0. The molecule has 0 spiro atoms. The average molecular weight is 354 g/mol. The van der Waals surface area contributed by atoms with Gasteiger partial charge in [-0.05, 0) is 39.8 Å². The number of aryl methyl sites for hydroxylation is 3. The van der Waals surface area contributed by atoms with Crippen LogP contribution in [-0.2, 0) is 0 Å². The SMILES string of the molecule is Cc1cc(-c2cc(C(=O)N3CCNC[C@@H]3C)c3c(C)noc3n2)c(C)o1. The fourth-order valence-corrected chi connectivity index (χ4v) is 3.58. The lowest BCUT2D eigenvalue weighted by molar-refractivity contribution is 0.0657. The maximum atomic E-state index is 13.3. The highest BCUT2D eigenvalue weighted by Crippen LogP contribution is 2.31. The number of amides is 1. The lowest BCUT2D eigenvalue weighted by Crippen LogP contribution is -2.52. The molecule has 4 heterocycles. The van der Waals surface area contributed by atoms with Crippen LogP contribution in [0.5, 0.6) is 0 Å². The number of pyridine rings is 1. The summed E-state index contributed by atoms with van der Waals surface area (Å²) in [5.74, 6) is 1.55. The fraction of sp³-hybridized carbons (Fsp3) is 0.421. The second-order valence-corrected chi connectivity index (χ2v) is 6.88. The number of nitrogens with one attached hydrogen (secondary N) is 1. The molecule has 0 bridgehead atoms. The second kappa shape index (κ2) is 6.25. The molecule has 136 valence electrons. The molecule has 1 aliphatic rings. The van der Waals surface area contributed by atoms with Gasteiger partial charge in [-0.25, -0.2) is 4.98 Å². The van der Waals surface area contributed by atoms with Gasteiger partial charge >= 0.3 is 0 Å². The standard InChI is InChI=1S/C19H22N4O3/c1-10-9-20-5-6-23(10)19(24)15-8-16(14-7-11(2)25-13(14)4)21-18-17(15)12(3)22-26-18/h7-8,10,20H,5-6,9H2,1-4H3/t10-/m0/s1. The molecule has 26 heavy (non-hydrogen) atoms. The highest BCUT2D eigenvalue weighted by Gasteiger charge is 2.28. The minimum absolute atomic E-state index is 0.0168. The molecule has 1 saturated heterocycles. The molecule has 0 radical (unpaired) electrons. The fourth-order valence-electron chi connectivity index (χ4n) is 3.58. The Morgan fingerprint density at radius 3 is 2.81 bits per heavy atom. The molecule has 0 unspecified atom stereocenters. The van der Waals surface area contributed by atoms with Crippen LogP contribution in [0.4, 0.5) is 0 Å². The van der Waals surface area contributed by atoms with Crippen LogP contribution in [0.1, 0.15) is 34.5 Å². The summed E-state index contributed by atoms with van der Waals surface area (Å²) in [7, 11) is 0. The lowest BCUT2D eigenvalue weighted by atomic mass is 10.0. The van der Waals surface area contributed by atoms with Gasteiger partial charge in [0.15, 0.2) is 0 Å². The van der Waals surface area contributed by atoms with Gasteiger partial charge in [-0.15, -0.1) is 0 Å². The third kappa shape index (κ3) is 2.68. The summed E-state index contributed by atoms with van der Waals surface area (Å²) in [6.45, 7) is 9.91. The van der Waals surface area contributed by atoms with Crippen molar-refractivity contribution >= 4 is 17.0 Å². The van der Waals surface area contributed by atoms with E-state index in [1.165, 1.54) is 0 Å². The highest BCUT2D eigenvalue weighted by molar-refractivity contribution is 6.07. The Bertz CT molecular complexity index is 988. The highest BCUT2D eigenvalue weighted by atomic mass is 16.5. The number of furan rings is 1. The molecule has 3 aromatic heterocycles. The number of aromatic nitrogens is 2. The van der Waals surface area contributed by atoms with Crippen LogP contribution in [0.2, 0.25) is 0 Å². The Balaban J connectivity index is 1.88. The summed E-state index contributed by atoms with van der Waals surface area (Å²) in [5, 5.41) is 8.02. The summed E-state index contributed by atoms with van der Waals surface area (Å²) >= 11 is 0. The molecule has 1 aliphatic heterocycles. The minimum atomic E-state index is -0.0168.